The molecule has 19 heavy (non-hydrogen) atoms. The summed E-state index contributed by atoms with van der Waals surface area (Å²) in [4.78, 5) is 23.7. The molecule has 0 unspecified atom stereocenters. The molecule has 0 bridgehead atoms. The summed E-state index contributed by atoms with van der Waals surface area (Å²) in [6, 6.07) is 4.83. The molecular formula is C13H12BrNO3S. The Balaban J connectivity index is 2.39. The highest BCUT2D eigenvalue weighted by Crippen LogP contribution is 2.21. The number of aromatic carboxylic acids is 1. The zero-order valence-corrected chi connectivity index (χ0v) is 12.8. The maximum atomic E-state index is 11.8. The second kappa shape index (κ2) is 5.30. The number of hydrogen-bond donors (Lipinski definition) is 1. The minimum atomic E-state index is -0.966. The van der Waals surface area contributed by atoms with Crippen LogP contribution in [0.1, 0.15) is 26.5 Å². The third-order valence-electron chi connectivity index (χ3n) is 3.00. The molecule has 0 amide bonds. The number of nitrogens with zero attached hydrogens (tertiary/aromatic N) is 1. The van der Waals surface area contributed by atoms with Crippen molar-refractivity contribution in [2.24, 2.45) is 0 Å². The van der Waals surface area contributed by atoms with Crippen molar-refractivity contribution in [2.75, 3.05) is 0 Å². The van der Waals surface area contributed by atoms with E-state index in [1.807, 2.05) is 13.8 Å². The standard InChI is InChI=1S/C13H12BrNO3S/c1-7-8(2)19-13(18)15(7)6-10-4-3-9(12(16)17)5-11(10)14/h3-5H,6H2,1-2H3,(H,16,17). The third kappa shape index (κ3) is 2.79. The number of benzene rings is 1. The first-order valence-corrected chi connectivity index (χ1v) is 7.19. The molecule has 2 rings (SSSR count). The van der Waals surface area contributed by atoms with E-state index in [-0.39, 0.29) is 10.4 Å². The zero-order chi connectivity index (χ0) is 14.2. The Hall–Kier alpha value is -1.40. The van der Waals surface area contributed by atoms with Crippen molar-refractivity contribution in [3.63, 3.8) is 0 Å². The highest BCUT2D eigenvalue weighted by molar-refractivity contribution is 9.10. The van der Waals surface area contributed by atoms with Crippen LogP contribution in [0.4, 0.5) is 0 Å². The van der Waals surface area contributed by atoms with Crippen LogP contribution < -0.4 is 4.87 Å². The van der Waals surface area contributed by atoms with Gasteiger partial charge in [0.1, 0.15) is 0 Å². The molecule has 4 nitrogen and oxygen atoms in total. The van der Waals surface area contributed by atoms with Crippen LogP contribution in [-0.4, -0.2) is 15.6 Å². The van der Waals surface area contributed by atoms with Crippen LogP contribution in [0.15, 0.2) is 27.5 Å². The van der Waals surface area contributed by atoms with E-state index in [0.717, 1.165) is 16.1 Å². The first-order chi connectivity index (χ1) is 8.90. The molecule has 100 valence electrons. The molecule has 6 heteroatoms. The lowest BCUT2D eigenvalue weighted by Crippen LogP contribution is -2.15. The first-order valence-electron chi connectivity index (χ1n) is 5.58. The smallest absolute Gasteiger partial charge is 0.335 e. The maximum absolute atomic E-state index is 11.8. The lowest BCUT2D eigenvalue weighted by molar-refractivity contribution is 0.0697. The minimum absolute atomic E-state index is 0.00390. The summed E-state index contributed by atoms with van der Waals surface area (Å²) in [5.74, 6) is -0.966. The molecule has 1 N–H and O–H groups in total. The van der Waals surface area contributed by atoms with Crippen LogP contribution in [0.2, 0.25) is 0 Å². The van der Waals surface area contributed by atoms with E-state index in [2.05, 4.69) is 15.9 Å². The molecule has 1 heterocycles. The first kappa shape index (κ1) is 14.0. The Kier molecular flexibility index (Phi) is 3.91. The molecule has 0 aliphatic carbocycles. The maximum Gasteiger partial charge on any atom is 0.335 e. The number of halogens is 1. The average molecular weight is 342 g/mol. The molecule has 0 fully saturated rings. The van der Waals surface area contributed by atoms with E-state index in [4.69, 9.17) is 5.11 Å². The van der Waals surface area contributed by atoms with Gasteiger partial charge in [-0.05, 0) is 31.5 Å². The largest absolute Gasteiger partial charge is 0.478 e. The number of carbonyl (C=O) groups is 1. The predicted octanol–water partition coefficient (Wildman–Crippen LogP) is 3.04. The van der Waals surface area contributed by atoms with Gasteiger partial charge in [-0.15, -0.1) is 0 Å². The van der Waals surface area contributed by atoms with E-state index < -0.39 is 5.97 Å². The Morgan fingerprint density at radius 3 is 2.58 bits per heavy atom. The SMILES string of the molecule is Cc1sc(=O)n(Cc2ccc(C(=O)O)cc2Br)c1C. The average Bonchev–Trinajstić information content (AvgIpc) is 2.58. The zero-order valence-electron chi connectivity index (χ0n) is 10.4. The molecular weight excluding hydrogens is 330 g/mol. The van der Waals surface area contributed by atoms with Crippen LogP contribution in [-0.2, 0) is 6.54 Å². The fraction of sp³-hybridized carbons (Fsp3) is 0.231. The summed E-state index contributed by atoms with van der Waals surface area (Å²) in [5.41, 5.74) is 2.05. The number of aromatic nitrogens is 1. The van der Waals surface area contributed by atoms with E-state index in [1.54, 1.807) is 22.8 Å². The van der Waals surface area contributed by atoms with Gasteiger partial charge in [-0.1, -0.05) is 33.3 Å². The van der Waals surface area contributed by atoms with Gasteiger partial charge in [0.25, 0.3) is 0 Å². The number of rotatable bonds is 3. The van der Waals surface area contributed by atoms with Crippen molar-refractivity contribution >= 4 is 33.2 Å². The minimum Gasteiger partial charge on any atom is -0.478 e. The lowest BCUT2D eigenvalue weighted by atomic mass is 10.1. The summed E-state index contributed by atoms with van der Waals surface area (Å²) in [5, 5.41) is 8.91. The summed E-state index contributed by atoms with van der Waals surface area (Å²) in [6.45, 7) is 4.27. The molecule has 0 saturated heterocycles. The molecule has 1 aromatic heterocycles. The van der Waals surface area contributed by atoms with Gasteiger partial charge in [-0.3, -0.25) is 9.36 Å². The van der Waals surface area contributed by atoms with Gasteiger partial charge >= 0.3 is 10.8 Å². The fourth-order valence-corrected chi connectivity index (χ4v) is 3.08. The highest BCUT2D eigenvalue weighted by Gasteiger charge is 2.11. The molecule has 2 aromatic rings. The molecule has 0 aliphatic heterocycles. The Bertz CT molecular complexity index is 702. The van der Waals surface area contributed by atoms with Crippen LogP contribution in [0.5, 0.6) is 0 Å². The number of hydrogen-bond acceptors (Lipinski definition) is 3. The van der Waals surface area contributed by atoms with Crippen LogP contribution >= 0.6 is 27.3 Å². The molecule has 0 radical (unpaired) electrons. The Labute approximate surface area is 122 Å². The predicted molar refractivity (Wildman–Crippen MR) is 78.3 cm³/mol. The number of carboxylic acid groups (broad SMARTS) is 1. The number of carboxylic acids is 1. The van der Waals surface area contributed by atoms with E-state index in [9.17, 15) is 9.59 Å². The summed E-state index contributed by atoms with van der Waals surface area (Å²) in [6.07, 6.45) is 0. The molecule has 0 saturated carbocycles. The molecule has 0 spiro atoms. The van der Waals surface area contributed by atoms with Gasteiger partial charge in [0, 0.05) is 15.0 Å². The van der Waals surface area contributed by atoms with Crippen molar-refractivity contribution < 1.29 is 9.90 Å². The van der Waals surface area contributed by atoms with E-state index in [0.29, 0.717) is 11.0 Å². The third-order valence-corrected chi connectivity index (χ3v) is 4.74. The highest BCUT2D eigenvalue weighted by atomic mass is 79.9. The van der Waals surface area contributed by atoms with Crippen LogP contribution in [0, 0.1) is 13.8 Å². The molecule has 0 aliphatic rings. The van der Waals surface area contributed by atoms with Crippen molar-refractivity contribution in [2.45, 2.75) is 20.4 Å². The summed E-state index contributed by atoms with van der Waals surface area (Å²) < 4.78 is 2.39. The van der Waals surface area contributed by atoms with Crippen molar-refractivity contribution in [1.29, 1.82) is 0 Å². The van der Waals surface area contributed by atoms with Crippen LogP contribution in [0.25, 0.3) is 0 Å². The normalized spacial score (nSPS) is 10.7. The second-order valence-corrected chi connectivity index (χ2v) is 6.23. The lowest BCUT2D eigenvalue weighted by Gasteiger charge is -2.08. The van der Waals surface area contributed by atoms with E-state index >= 15 is 0 Å². The van der Waals surface area contributed by atoms with E-state index in [1.165, 1.54) is 11.3 Å². The molecule has 1 aromatic carbocycles. The Morgan fingerprint density at radius 2 is 2.11 bits per heavy atom. The van der Waals surface area contributed by atoms with Crippen molar-refractivity contribution in [3.05, 3.63) is 54.0 Å². The van der Waals surface area contributed by atoms with Gasteiger partial charge in [-0.2, -0.15) is 0 Å². The number of thiazole rings is 1. The van der Waals surface area contributed by atoms with Crippen LogP contribution in [0.3, 0.4) is 0 Å². The van der Waals surface area contributed by atoms with Crippen molar-refractivity contribution in [3.8, 4) is 0 Å². The van der Waals surface area contributed by atoms with Gasteiger partial charge in [0.2, 0.25) is 0 Å². The number of aryl methyl sites for hydroxylation is 1. The monoisotopic (exact) mass is 341 g/mol. The van der Waals surface area contributed by atoms with Gasteiger partial charge in [-0.25, -0.2) is 4.79 Å². The Morgan fingerprint density at radius 1 is 1.42 bits per heavy atom. The fourth-order valence-electron chi connectivity index (χ4n) is 1.75. The van der Waals surface area contributed by atoms with Gasteiger partial charge < -0.3 is 5.11 Å². The van der Waals surface area contributed by atoms with Crippen molar-refractivity contribution in [1.82, 2.24) is 4.57 Å². The van der Waals surface area contributed by atoms with Gasteiger partial charge in [0.15, 0.2) is 0 Å². The second-order valence-electron chi connectivity index (χ2n) is 4.21. The van der Waals surface area contributed by atoms with Gasteiger partial charge in [0.05, 0.1) is 12.1 Å². The molecule has 0 atom stereocenters. The quantitative estimate of drug-likeness (QED) is 0.933. The summed E-state index contributed by atoms with van der Waals surface area (Å²) in [7, 11) is 0. The topological polar surface area (TPSA) is 59.3 Å². The summed E-state index contributed by atoms with van der Waals surface area (Å²) >= 11 is 4.58.